The maximum Gasteiger partial charge on any atom is 0.354 e. The van der Waals surface area contributed by atoms with Crippen LogP contribution in [0.15, 0.2) is 24.5 Å². The highest BCUT2D eigenvalue weighted by Crippen LogP contribution is 2.19. The summed E-state index contributed by atoms with van der Waals surface area (Å²) in [5.74, 6) is -0.375. The molecule has 2 N–H and O–H groups in total. The van der Waals surface area contributed by atoms with E-state index in [9.17, 15) is 4.79 Å². The van der Waals surface area contributed by atoms with Gasteiger partial charge in [0.15, 0.2) is 5.65 Å². The minimum Gasteiger partial charge on any atom is -0.464 e. The summed E-state index contributed by atoms with van der Waals surface area (Å²) in [6, 6.07) is 3.79. The Balaban J connectivity index is 1.75. The fourth-order valence-corrected chi connectivity index (χ4v) is 2.38. The minimum atomic E-state index is -0.375. The molecule has 0 aliphatic rings. The molecule has 3 aromatic rings. The van der Waals surface area contributed by atoms with Crippen LogP contribution in [0.1, 0.15) is 21.7 Å². The van der Waals surface area contributed by atoms with Gasteiger partial charge < -0.3 is 15.0 Å². The number of carbonyl (C=O) groups excluding carboxylic acids is 1. The van der Waals surface area contributed by atoms with E-state index in [0.717, 1.165) is 28.0 Å². The number of nitrogens with zero attached hydrogens (tertiary/aromatic N) is 3. The van der Waals surface area contributed by atoms with Crippen molar-refractivity contribution in [3.05, 3.63) is 41.5 Å². The van der Waals surface area contributed by atoms with Crippen LogP contribution >= 0.6 is 0 Å². The molecule has 0 unspecified atom stereocenters. The van der Waals surface area contributed by atoms with Gasteiger partial charge >= 0.3 is 5.97 Å². The molecule has 114 valence electrons. The molecule has 0 aromatic carbocycles. The molecular formula is C15H17N5O2. The van der Waals surface area contributed by atoms with Crippen LogP contribution in [0.3, 0.4) is 0 Å². The second kappa shape index (κ2) is 5.51. The van der Waals surface area contributed by atoms with Crippen molar-refractivity contribution in [3.8, 4) is 0 Å². The number of rotatable bonds is 4. The molecule has 3 rings (SSSR count). The number of pyridine rings is 1. The van der Waals surface area contributed by atoms with Crippen LogP contribution < -0.4 is 5.32 Å². The van der Waals surface area contributed by atoms with Gasteiger partial charge in [-0.3, -0.25) is 4.68 Å². The molecular weight excluding hydrogens is 282 g/mol. The zero-order valence-corrected chi connectivity index (χ0v) is 12.7. The molecule has 0 saturated heterocycles. The summed E-state index contributed by atoms with van der Waals surface area (Å²) in [6.07, 6.45) is 3.55. The Hall–Kier alpha value is -2.83. The maximum atomic E-state index is 11.4. The number of carbonyl (C=O) groups is 1. The van der Waals surface area contributed by atoms with E-state index >= 15 is 0 Å². The van der Waals surface area contributed by atoms with Crippen LogP contribution in [0.25, 0.3) is 11.0 Å². The Labute approximate surface area is 127 Å². The SMILES string of the molecule is COC(=O)c1cc(CNc2cnc3c(c2)c(C)nn3C)c[nH]1. The van der Waals surface area contributed by atoms with Gasteiger partial charge in [0.05, 0.1) is 24.7 Å². The first-order valence-electron chi connectivity index (χ1n) is 6.87. The third kappa shape index (κ3) is 2.52. The highest BCUT2D eigenvalue weighted by Gasteiger charge is 2.09. The topological polar surface area (TPSA) is 84.8 Å². The Morgan fingerprint density at radius 3 is 3.05 bits per heavy atom. The summed E-state index contributed by atoms with van der Waals surface area (Å²) in [4.78, 5) is 18.7. The summed E-state index contributed by atoms with van der Waals surface area (Å²) in [6.45, 7) is 2.54. The van der Waals surface area contributed by atoms with Crippen LogP contribution in [0.4, 0.5) is 5.69 Å². The number of nitrogens with one attached hydrogen (secondary N) is 2. The van der Waals surface area contributed by atoms with Gasteiger partial charge in [0, 0.05) is 25.2 Å². The second-order valence-electron chi connectivity index (χ2n) is 5.07. The molecule has 0 spiro atoms. The molecule has 0 amide bonds. The van der Waals surface area contributed by atoms with Crippen molar-refractivity contribution in [1.82, 2.24) is 19.7 Å². The predicted molar refractivity (Wildman–Crippen MR) is 82.7 cm³/mol. The van der Waals surface area contributed by atoms with E-state index in [1.54, 1.807) is 23.1 Å². The number of anilines is 1. The standard InChI is InChI=1S/C15H17N5O2/c1-9-12-5-11(8-18-14(12)20(2)19-9)16-6-10-4-13(17-7-10)15(21)22-3/h4-5,7-8,16-17H,6H2,1-3H3. The van der Waals surface area contributed by atoms with Gasteiger partial charge in [-0.05, 0) is 24.6 Å². The van der Waals surface area contributed by atoms with Gasteiger partial charge in [-0.15, -0.1) is 0 Å². The maximum absolute atomic E-state index is 11.4. The first-order valence-corrected chi connectivity index (χ1v) is 6.87. The fraction of sp³-hybridized carbons (Fsp3) is 0.267. The van der Waals surface area contributed by atoms with Crippen molar-refractivity contribution in [2.45, 2.75) is 13.5 Å². The number of aromatic amines is 1. The normalized spacial score (nSPS) is 10.9. The molecule has 22 heavy (non-hydrogen) atoms. The molecule has 0 bridgehead atoms. The van der Waals surface area contributed by atoms with E-state index in [4.69, 9.17) is 0 Å². The van der Waals surface area contributed by atoms with Crippen molar-refractivity contribution < 1.29 is 9.53 Å². The lowest BCUT2D eigenvalue weighted by molar-refractivity contribution is 0.0595. The lowest BCUT2D eigenvalue weighted by Gasteiger charge is -2.04. The lowest BCUT2D eigenvalue weighted by atomic mass is 10.2. The number of hydrogen-bond acceptors (Lipinski definition) is 5. The molecule has 3 aromatic heterocycles. The quantitative estimate of drug-likeness (QED) is 0.720. The number of aryl methyl sites for hydroxylation is 2. The molecule has 0 aliphatic carbocycles. The van der Waals surface area contributed by atoms with Gasteiger partial charge in [-0.2, -0.15) is 5.10 Å². The largest absolute Gasteiger partial charge is 0.464 e. The lowest BCUT2D eigenvalue weighted by Crippen LogP contribution is -2.01. The molecule has 0 atom stereocenters. The van der Waals surface area contributed by atoms with E-state index in [1.165, 1.54) is 7.11 Å². The second-order valence-corrected chi connectivity index (χ2v) is 5.07. The van der Waals surface area contributed by atoms with Gasteiger partial charge in [0.1, 0.15) is 5.69 Å². The average Bonchev–Trinajstić information content (AvgIpc) is 3.10. The van der Waals surface area contributed by atoms with Crippen molar-refractivity contribution in [3.63, 3.8) is 0 Å². The van der Waals surface area contributed by atoms with Crippen LogP contribution in [-0.2, 0) is 18.3 Å². The Morgan fingerprint density at radius 2 is 2.27 bits per heavy atom. The molecule has 3 heterocycles. The third-order valence-corrected chi connectivity index (χ3v) is 3.51. The molecule has 7 heteroatoms. The van der Waals surface area contributed by atoms with Crippen molar-refractivity contribution in [2.24, 2.45) is 7.05 Å². The molecule has 0 radical (unpaired) electrons. The Morgan fingerprint density at radius 1 is 1.45 bits per heavy atom. The predicted octanol–water partition coefficient (Wildman–Crippen LogP) is 2.00. The molecule has 0 fully saturated rings. The summed E-state index contributed by atoms with van der Waals surface area (Å²) >= 11 is 0. The smallest absolute Gasteiger partial charge is 0.354 e. The number of hydrogen-bond donors (Lipinski definition) is 2. The molecule has 0 saturated carbocycles. The van der Waals surface area contributed by atoms with E-state index in [2.05, 4.69) is 25.1 Å². The highest BCUT2D eigenvalue weighted by atomic mass is 16.5. The number of fused-ring (bicyclic) bond motifs is 1. The summed E-state index contributed by atoms with van der Waals surface area (Å²) in [5.41, 5.74) is 4.12. The highest BCUT2D eigenvalue weighted by molar-refractivity contribution is 5.87. The zero-order valence-electron chi connectivity index (χ0n) is 12.7. The Bertz CT molecular complexity index is 834. The van der Waals surface area contributed by atoms with E-state index in [-0.39, 0.29) is 5.97 Å². The van der Waals surface area contributed by atoms with Gasteiger partial charge in [0.25, 0.3) is 0 Å². The molecule has 0 aliphatic heterocycles. The number of methoxy groups -OCH3 is 1. The zero-order chi connectivity index (χ0) is 15.7. The minimum absolute atomic E-state index is 0.375. The van der Waals surface area contributed by atoms with Crippen molar-refractivity contribution in [1.29, 1.82) is 0 Å². The van der Waals surface area contributed by atoms with Crippen molar-refractivity contribution >= 4 is 22.7 Å². The average molecular weight is 299 g/mol. The fourth-order valence-electron chi connectivity index (χ4n) is 2.38. The van der Waals surface area contributed by atoms with Crippen LogP contribution in [0, 0.1) is 6.92 Å². The first-order chi connectivity index (χ1) is 10.6. The monoisotopic (exact) mass is 299 g/mol. The van der Waals surface area contributed by atoms with E-state index in [1.807, 2.05) is 20.0 Å². The van der Waals surface area contributed by atoms with Gasteiger partial charge in [-0.25, -0.2) is 9.78 Å². The summed E-state index contributed by atoms with van der Waals surface area (Å²) in [5, 5.41) is 8.66. The van der Waals surface area contributed by atoms with Crippen LogP contribution in [-0.4, -0.2) is 32.8 Å². The summed E-state index contributed by atoms with van der Waals surface area (Å²) in [7, 11) is 3.24. The molecule has 7 nitrogen and oxygen atoms in total. The summed E-state index contributed by atoms with van der Waals surface area (Å²) < 4.78 is 6.43. The van der Waals surface area contributed by atoms with Crippen LogP contribution in [0.5, 0.6) is 0 Å². The van der Waals surface area contributed by atoms with Gasteiger partial charge in [0.2, 0.25) is 0 Å². The number of aromatic nitrogens is 4. The number of esters is 1. The van der Waals surface area contributed by atoms with Gasteiger partial charge in [-0.1, -0.05) is 0 Å². The Kier molecular flexibility index (Phi) is 3.54. The number of H-pyrrole nitrogens is 1. The van der Waals surface area contributed by atoms with Crippen LogP contribution in [0.2, 0.25) is 0 Å². The third-order valence-electron chi connectivity index (χ3n) is 3.51. The number of ether oxygens (including phenoxy) is 1. The first kappa shape index (κ1) is 14.1. The van der Waals surface area contributed by atoms with E-state index in [0.29, 0.717) is 12.2 Å². The van der Waals surface area contributed by atoms with Crippen molar-refractivity contribution in [2.75, 3.05) is 12.4 Å². The van der Waals surface area contributed by atoms with E-state index < -0.39 is 0 Å².